The lowest BCUT2D eigenvalue weighted by Gasteiger charge is -2.08. The van der Waals surface area contributed by atoms with Crippen molar-refractivity contribution in [3.05, 3.63) is 46.2 Å². The first-order valence-electron chi connectivity index (χ1n) is 7.71. The average molecular weight is 347 g/mol. The number of thiophene rings is 1. The van der Waals surface area contributed by atoms with Crippen molar-refractivity contribution in [3.63, 3.8) is 0 Å². The van der Waals surface area contributed by atoms with Gasteiger partial charge in [0.05, 0.1) is 18.5 Å². The molecule has 0 unspecified atom stereocenters. The van der Waals surface area contributed by atoms with E-state index in [9.17, 15) is 9.59 Å². The maximum absolute atomic E-state index is 11.9. The summed E-state index contributed by atoms with van der Waals surface area (Å²) in [5.74, 6) is 1.27. The van der Waals surface area contributed by atoms with E-state index in [1.165, 1.54) is 11.3 Å². The number of nitrogens with one attached hydrogen (secondary N) is 1. The van der Waals surface area contributed by atoms with Gasteiger partial charge in [-0.3, -0.25) is 9.59 Å². The summed E-state index contributed by atoms with van der Waals surface area (Å²) < 4.78 is 10.6. The van der Waals surface area contributed by atoms with E-state index < -0.39 is 0 Å². The number of ketones is 1. The fraction of sp³-hybridized carbons (Fsp3) is 0.333. The zero-order chi connectivity index (χ0) is 17.4. The van der Waals surface area contributed by atoms with Gasteiger partial charge in [-0.1, -0.05) is 6.07 Å². The summed E-state index contributed by atoms with van der Waals surface area (Å²) in [6.45, 7) is 2.70. The van der Waals surface area contributed by atoms with Crippen LogP contribution in [-0.4, -0.2) is 32.0 Å². The monoisotopic (exact) mass is 347 g/mol. The van der Waals surface area contributed by atoms with Crippen LogP contribution < -0.4 is 14.8 Å². The second kappa shape index (κ2) is 9.08. The maximum atomic E-state index is 11.9. The van der Waals surface area contributed by atoms with E-state index in [4.69, 9.17) is 9.47 Å². The number of amides is 1. The Kier molecular flexibility index (Phi) is 6.81. The van der Waals surface area contributed by atoms with Crippen LogP contribution in [0.4, 0.5) is 0 Å². The quantitative estimate of drug-likeness (QED) is 0.559. The minimum Gasteiger partial charge on any atom is -0.497 e. The summed E-state index contributed by atoms with van der Waals surface area (Å²) in [4.78, 5) is 25.5. The standard InChI is InChI=1S/C18H21NO4S/c1-13-6-8-17(24-13)16(20)7-9-18(21)19-10-11-23-15-5-3-4-14(12-15)22-2/h3-6,8,12H,7,9-11H2,1-2H3,(H,19,21). The van der Waals surface area contributed by atoms with Gasteiger partial charge in [0, 0.05) is 23.8 Å². The van der Waals surface area contributed by atoms with Crippen molar-refractivity contribution in [3.8, 4) is 11.5 Å². The number of methoxy groups -OCH3 is 1. The molecule has 1 N–H and O–H groups in total. The van der Waals surface area contributed by atoms with Crippen molar-refractivity contribution in [2.75, 3.05) is 20.3 Å². The highest BCUT2D eigenvalue weighted by Gasteiger charge is 2.10. The van der Waals surface area contributed by atoms with E-state index >= 15 is 0 Å². The molecule has 1 aromatic heterocycles. The summed E-state index contributed by atoms with van der Waals surface area (Å²) in [5, 5.41) is 2.75. The van der Waals surface area contributed by atoms with Gasteiger partial charge in [0.25, 0.3) is 0 Å². The Labute approximate surface area is 145 Å². The van der Waals surface area contributed by atoms with Crippen molar-refractivity contribution in [2.45, 2.75) is 19.8 Å². The second-order valence-corrected chi connectivity index (χ2v) is 6.50. The van der Waals surface area contributed by atoms with Crippen LogP contribution in [0.2, 0.25) is 0 Å². The van der Waals surface area contributed by atoms with Gasteiger partial charge in [0.1, 0.15) is 18.1 Å². The molecule has 0 aliphatic carbocycles. The van der Waals surface area contributed by atoms with Crippen LogP contribution in [0.3, 0.4) is 0 Å². The lowest BCUT2D eigenvalue weighted by atomic mass is 10.2. The molecule has 0 fully saturated rings. The predicted octanol–water partition coefficient (Wildman–Crippen LogP) is 3.22. The van der Waals surface area contributed by atoms with Gasteiger partial charge in [-0.2, -0.15) is 0 Å². The van der Waals surface area contributed by atoms with Crippen molar-refractivity contribution in [1.29, 1.82) is 0 Å². The molecule has 2 aromatic rings. The minimum absolute atomic E-state index is 0.0101. The van der Waals surface area contributed by atoms with Gasteiger partial charge in [-0.25, -0.2) is 0 Å². The van der Waals surface area contributed by atoms with E-state index in [1.54, 1.807) is 13.2 Å². The van der Waals surface area contributed by atoms with Crippen molar-refractivity contribution in [1.82, 2.24) is 5.32 Å². The molecule has 2 rings (SSSR count). The summed E-state index contributed by atoms with van der Waals surface area (Å²) in [7, 11) is 1.60. The SMILES string of the molecule is COc1cccc(OCCNC(=O)CCC(=O)c2ccc(C)s2)c1. The third-order valence-corrected chi connectivity index (χ3v) is 4.37. The summed E-state index contributed by atoms with van der Waals surface area (Å²) in [6.07, 6.45) is 0.414. The van der Waals surface area contributed by atoms with Crippen molar-refractivity contribution >= 4 is 23.0 Å². The van der Waals surface area contributed by atoms with Crippen LogP contribution in [0.15, 0.2) is 36.4 Å². The molecule has 1 aromatic carbocycles. The normalized spacial score (nSPS) is 10.2. The summed E-state index contributed by atoms with van der Waals surface area (Å²) in [6, 6.07) is 11.0. The predicted molar refractivity (Wildman–Crippen MR) is 94.1 cm³/mol. The third-order valence-electron chi connectivity index (χ3n) is 3.33. The van der Waals surface area contributed by atoms with Gasteiger partial charge in [0.15, 0.2) is 5.78 Å². The van der Waals surface area contributed by atoms with Gasteiger partial charge >= 0.3 is 0 Å². The van der Waals surface area contributed by atoms with Gasteiger partial charge in [-0.05, 0) is 31.2 Å². The van der Waals surface area contributed by atoms with Crippen molar-refractivity contribution < 1.29 is 19.1 Å². The largest absolute Gasteiger partial charge is 0.497 e. The van der Waals surface area contributed by atoms with Crippen LogP contribution in [0.5, 0.6) is 11.5 Å². The van der Waals surface area contributed by atoms with Gasteiger partial charge in [-0.15, -0.1) is 11.3 Å². The first-order chi connectivity index (χ1) is 11.6. The maximum Gasteiger partial charge on any atom is 0.220 e. The number of Topliss-reactive ketones (excluding diaryl/α,β-unsaturated/α-hetero) is 1. The first-order valence-corrected chi connectivity index (χ1v) is 8.53. The smallest absolute Gasteiger partial charge is 0.220 e. The summed E-state index contributed by atoms with van der Waals surface area (Å²) in [5.41, 5.74) is 0. The molecule has 1 heterocycles. The Morgan fingerprint density at radius 2 is 1.92 bits per heavy atom. The summed E-state index contributed by atoms with van der Waals surface area (Å²) >= 11 is 1.46. The molecule has 1 amide bonds. The fourth-order valence-electron chi connectivity index (χ4n) is 2.07. The highest BCUT2D eigenvalue weighted by atomic mass is 32.1. The van der Waals surface area contributed by atoms with Crippen LogP contribution in [-0.2, 0) is 4.79 Å². The molecule has 0 aliphatic rings. The topological polar surface area (TPSA) is 64.6 Å². The molecule has 0 saturated carbocycles. The van der Waals surface area contributed by atoms with Crippen LogP contribution >= 0.6 is 11.3 Å². The molecule has 0 aliphatic heterocycles. The van der Waals surface area contributed by atoms with E-state index in [2.05, 4.69) is 5.32 Å². The average Bonchev–Trinajstić information content (AvgIpc) is 3.03. The molecular formula is C18H21NO4S. The zero-order valence-corrected chi connectivity index (χ0v) is 14.7. The minimum atomic E-state index is -0.147. The highest BCUT2D eigenvalue weighted by Crippen LogP contribution is 2.19. The molecule has 24 heavy (non-hydrogen) atoms. The molecule has 5 nitrogen and oxygen atoms in total. The Balaban J connectivity index is 1.63. The number of rotatable bonds is 9. The van der Waals surface area contributed by atoms with Crippen molar-refractivity contribution in [2.24, 2.45) is 0 Å². The van der Waals surface area contributed by atoms with E-state index in [0.717, 1.165) is 10.6 Å². The Morgan fingerprint density at radius 1 is 1.12 bits per heavy atom. The van der Waals surface area contributed by atoms with Crippen LogP contribution in [0.1, 0.15) is 27.4 Å². The second-order valence-electron chi connectivity index (χ2n) is 5.21. The van der Waals surface area contributed by atoms with Crippen LogP contribution in [0.25, 0.3) is 0 Å². The molecular weight excluding hydrogens is 326 g/mol. The molecule has 6 heteroatoms. The van der Waals surface area contributed by atoms with E-state index in [1.807, 2.05) is 37.3 Å². The molecule has 0 bridgehead atoms. The molecule has 0 radical (unpaired) electrons. The number of hydrogen-bond acceptors (Lipinski definition) is 5. The molecule has 128 valence electrons. The number of ether oxygens (including phenoxy) is 2. The van der Waals surface area contributed by atoms with Gasteiger partial charge in [0.2, 0.25) is 5.91 Å². The Morgan fingerprint density at radius 3 is 2.62 bits per heavy atom. The van der Waals surface area contributed by atoms with E-state index in [-0.39, 0.29) is 24.5 Å². The molecule has 0 atom stereocenters. The third kappa shape index (κ3) is 5.70. The number of carbonyl (C=O) groups excluding carboxylic acids is 2. The number of aryl methyl sites for hydroxylation is 1. The number of benzene rings is 1. The Hall–Kier alpha value is -2.34. The van der Waals surface area contributed by atoms with Gasteiger partial charge < -0.3 is 14.8 Å². The van der Waals surface area contributed by atoms with Crippen LogP contribution in [0, 0.1) is 6.92 Å². The number of hydrogen-bond donors (Lipinski definition) is 1. The Bertz CT molecular complexity index is 696. The zero-order valence-electron chi connectivity index (χ0n) is 13.8. The molecule has 0 spiro atoms. The first kappa shape index (κ1) is 18.0. The lowest BCUT2D eigenvalue weighted by Crippen LogP contribution is -2.28. The number of carbonyl (C=O) groups is 2. The highest BCUT2D eigenvalue weighted by molar-refractivity contribution is 7.14. The van der Waals surface area contributed by atoms with E-state index in [0.29, 0.717) is 23.8 Å². The molecule has 0 saturated heterocycles. The lowest BCUT2D eigenvalue weighted by molar-refractivity contribution is -0.121. The fourth-order valence-corrected chi connectivity index (χ4v) is 2.91.